The first-order valence-corrected chi connectivity index (χ1v) is 6.96. The molecular formula is C13H24ClN3O2. The lowest BCUT2D eigenvalue weighted by Gasteiger charge is -2.20. The minimum Gasteiger partial charge on any atom is -0.382 e. The van der Waals surface area contributed by atoms with Crippen LogP contribution in [0.25, 0.3) is 0 Å². The van der Waals surface area contributed by atoms with Crippen LogP contribution in [-0.4, -0.2) is 43.8 Å². The summed E-state index contributed by atoms with van der Waals surface area (Å²) in [4.78, 5) is 0. The van der Waals surface area contributed by atoms with E-state index >= 15 is 0 Å². The Balaban J connectivity index is 2.61. The van der Waals surface area contributed by atoms with Gasteiger partial charge < -0.3 is 14.8 Å². The zero-order chi connectivity index (χ0) is 14.3. The molecule has 1 heterocycles. The molecule has 0 saturated heterocycles. The monoisotopic (exact) mass is 289 g/mol. The highest BCUT2D eigenvalue weighted by Gasteiger charge is 2.20. The van der Waals surface area contributed by atoms with E-state index in [1.54, 1.807) is 13.3 Å². The molecular weight excluding hydrogens is 266 g/mol. The fraction of sp³-hybridized carbons (Fsp3) is 0.769. The molecule has 0 spiro atoms. The van der Waals surface area contributed by atoms with Gasteiger partial charge in [-0.05, 0) is 27.3 Å². The third-order valence-corrected chi connectivity index (χ3v) is 3.23. The van der Waals surface area contributed by atoms with E-state index in [9.17, 15) is 0 Å². The summed E-state index contributed by atoms with van der Waals surface area (Å²) in [6, 6.07) is 0.424. The smallest absolute Gasteiger partial charge is 0.0834 e. The molecule has 1 aromatic rings. The number of methoxy groups -OCH3 is 1. The third-order valence-electron chi connectivity index (χ3n) is 2.94. The van der Waals surface area contributed by atoms with Gasteiger partial charge in [0.2, 0.25) is 0 Å². The van der Waals surface area contributed by atoms with Gasteiger partial charge in [-0.1, -0.05) is 11.6 Å². The summed E-state index contributed by atoms with van der Waals surface area (Å²) < 4.78 is 12.4. The molecule has 6 heteroatoms. The zero-order valence-electron chi connectivity index (χ0n) is 12.1. The summed E-state index contributed by atoms with van der Waals surface area (Å²) in [5.74, 6) is 0. The Morgan fingerprint density at radius 2 is 2.11 bits per heavy atom. The molecule has 1 rings (SSSR count). The van der Waals surface area contributed by atoms with Gasteiger partial charge in [-0.3, -0.25) is 4.68 Å². The van der Waals surface area contributed by atoms with Crippen molar-refractivity contribution in [2.75, 3.05) is 34.0 Å². The first-order chi connectivity index (χ1) is 9.11. The molecule has 1 N–H and O–H groups in total. The molecule has 110 valence electrons. The van der Waals surface area contributed by atoms with Gasteiger partial charge in [-0.2, -0.15) is 5.10 Å². The molecule has 0 radical (unpaired) electrons. The number of hydrogen-bond donors (Lipinski definition) is 1. The Hall–Kier alpha value is -0.620. The van der Waals surface area contributed by atoms with Crippen molar-refractivity contribution in [2.45, 2.75) is 32.4 Å². The molecule has 0 aliphatic heterocycles. The van der Waals surface area contributed by atoms with Crippen molar-refractivity contribution < 1.29 is 9.47 Å². The maximum Gasteiger partial charge on any atom is 0.0834 e. The van der Waals surface area contributed by atoms with Crippen LogP contribution < -0.4 is 5.32 Å². The molecule has 19 heavy (non-hydrogen) atoms. The van der Waals surface area contributed by atoms with Crippen LogP contribution >= 0.6 is 11.6 Å². The van der Waals surface area contributed by atoms with E-state index in [1.165, 1.54) is 0 Å². The highest BCUT2D eigenvalue weighted by molar-refractivity contribution is 6.31. The van der Waals surface area contributed by atoms with Crippen molar-refractivity contribution in [1.82, 2.24) is 15.1 Å². The molecule has 0 aliphatic rings. The van der Waals surface area contributed by atoms with E-state index in [2.05, 4.69) is 24.3 Å². The van der Waals surface area contributed by atoms with Crippen molar-refractivity contribution in [3.05, 3.63) is 16.9 Å². The number of rotatable bonds is 9. The Labute approximate surface area is 120 Å². The number of nitrogens with one attached hydrogen (secondary N) is 1. The Bertz CT molecular complexity index is 369. The van der Waals surface area contributed by atoms with E-state index in [1.807, 2.05) is 11.7 Å². The maximum atomic E-state index is 6.24. The number of hydrogen-bond acceptors (Lipinski definition) is 4. The first-order valence-electron chi connectivity index (χ1n) is 6.58. The van der Waals surface area contributed by atoms with Crippen molar-refractivity contribution in [3.8, 4) is 0 Å². The van der Waals surface area contributed by atoms with Gasteiger partial charge in [0, 0.05) is 19.8 Å². The summed E-state index contributed by atoms with van der Waals surface area (Å²) in [7, 11) is 3.59. The minimum absolute atomic E-state index is 0.139. The molecule has 1 aromatic heterocycles. The van der Waals surface area contributed by atoms with Gasteiger partial charge in [0.1, 0.15) is 0 Å². The van der Waals surface area contributed by atoms with E-state index in [0.717, 1.165) is 12.1 Å². The highest BCUT2D eigenvalue weighted by atomic mass is 35.5. The van der Waals surface area contributed by atoms with Gasteiger partial charge >= 0.3 is 0 Å². The van der Waals surface area contributed by atoms with Crippen LogP contribution in [0, 0.1) is 0 Å². The summed E-state index contributed by atoms with van der Waals surface area (Å²) in [6.07, 6.45) is 2.55. The highest BCUT2D eigenvalue weighted by Crippen LogP contribution is 2.27. The largest absolute Gasteiger partial charge is 0.382 e. The van der Waals surface area contributed by atoms with Crippen LogP contribution in [0.2, 0.25) is 5.02 Å². The summed E-state index contributed by atoms with van der Waals surface area (Å²) >= 11 is 6.24. The van der Waals surface area contributed by atoms with Crippen molar-refractivity contribution in [3.63, 3.8) is 0 Å². The Morgan fingerprint density at radius 3 is 2.68 bits per heavy atom. The SMILES string of the molecule is CNC(CCOCCOC)c1c(Cl)cnn1C(C)C. The standard InChI is InChI=1S/C13H24ClN3O2/c1-10(2)17-13(11(14)9-16-17)12(15-3)5-6-19-8-7-18-4/h9-10,12,15H,5-8H2,1-4H3. The molecule has 0 fully saturated rings. The fourth-order valence-electron chi connectivity index (χ4n) is 1.95. The summed E-state index contributed by atoms with van der Waals surface area (Å²) in [5, 5.41) is 8.30. The average Bonchev–Trinajstić information content (AvgIpc) is 2.76. The van der Waals surface area contributed by atoms with Crippen molar-refractivity contribution in [1.29, 1.82) is 0 Å². The van der Waals surface area contributed by atoms with Gasteiger partial charge in [-0.25, -0.2) is 0 Å². The fourth-order valence-corrected chi connectivity index (χ4v) is 2.21. The molecule has 5 nitrogen and oxygen atoms in total. The van der Waals surface area contributed by atoms with Crippen LogP contribution in [0.15, 0.2) is 6.20 Å². The minimum atomic E-state index is 0.139. The van der Waals surface area contributed by atoms with Crippen LogP contribution in [-0.2, 0) is 9.47 Å². The molecule has 1 atom stereocenters. The Morgan fingerprint density at radius 1 is 1.37 bits per heavy atom. The number of nitrogens with zero attached hydrogens (tertiary/aromatic N) is 2. The molecule has 0 amide bonds. The second-order valence-corrected chi connectivity index (χ2v) is 5.06. The van der Waals surface area contributed by atoms with Crippen molar-refractivity contribution >= 4 is 11.6 Å². The lowest BCUT2D eigenvalue weighted by atomic mass is 10.1. The number of halogens is 1. The average molecular weight is 290 g/mol. The van der Waals surface area contributed by atoms with Gasteiger partial charge in [-0.15, -0.1) is 0 Å². The molecule has 0 bridgehead atoms. The predicted octanol–water partition coefficient (Wildman–Crippen LogP) is 2.43. The van der Waals surface area contributed by atoms with Crippen LogP contribution in [0.3, 0.4) is 0 Å². The lowest BCUT2D eigenvalue weighted by molar-refractivity contribution is 0.0657. The lowest BCUT2D eigenvalue weighted by Crippen LogP contribution is -2.23. The quantitative estimate of drug-likeness (QED) is 0.709. The first kappa shape index (κ1) is 16.4. The predicted molar refractivity (Wildman–Crippen MR) is 76.7 cm³/mol. The number of ether oxygens (including phenoxy) is 2. The summed E-state index contributed by atoms with van der Waals surface area (Å²) in [5.41, 5.74) is 1.02. The van der Waals surface area contributed by atoms with Gasteiger partial charge in [0.15, 0.2) is 0 Å². The topological polar surface area (TPSA) is 48.3 Å². The molecule has 0 aliphatic carbocycles. The summed E-state index contributed by atoms with van der Waals surface area (Å²) in [6.45, 7) is 6.08. The van der Waals surface area contributed by atoms with E-state index in [4.69, 9.17) is 21.1 Å². The third kappa shape index (κ3) is 4.76. The van der Waals surface area contributed by atoms with Crippen LogP contribution in [0.5, 0.6) is 0 Å². The zero-order valence-corrected chi connectivity index (χ0v) is 12.9. The molecule has 0 saturated carbocycles. The Kier molecular flexibility index (Phi) is 7.38. The second-order valence-electron chi connectivity index (χ2n) is 4.65. The van der Waals surface area contributed by atoms with Crippen LogP contribution in [0.1, 0.15) is 38.0 Å². The second kappa shape index (κ2) is 8.53. The van der Waals surface area contributed by atoms with E-state index in [0.29, 0.717) is 24.8 Å². The maximum absolute atomic E-state index is 6.24. The molecule has 0 aromatic carbocycles. The molecule has 1 unspecified atom stereocenters. The van der Waals surface area contributed by atoms with E-state index < -0.39 is 0 Å². The van der Waals surface area contributed by atoms with Gasteiger partial charge in [0.25, 0.3) is 0 Å². The van der Waals surface area contributed by atoms with E-state index in [-0.39, 0.29) is 12.1 Å². The van der Waals surface area contributed by atoms with Gasteiger partial charge in [0.05, 0.1) is 36.2 Å². The van der Waals surface area contributed by atoms with Crippen LogP contribution in [0.4, 0.5) is 0 Å². The van der Waals surface area contributed by atoms with Crippen molar-refractivity contribution in [2.24, 2.45) is 0 Å². The number of aromatic nitrogens is 2. The normalized spacial score (nSPS) is 13.2.